The van der Waals surface area contributed by atoms with E-state index >= 15 is 0 Å². The summed E-state index contributed by atoms with van der Waals surface area (Å²) < 4.78 is 11.5. The number of amides is 4. The molecule has 54 heavy (non-hydrogen) atoms. The van der Waals surface area contributed by atoms with E-state index in [-0.39, 0.29) is 50.1 Å². The number of aliphatic imine (C=N–C) groups is 1. The maximum Gasteiger partial charge on any atom is 0.415 e. The molecule has 0 radical (unpaired) electrons. The zero-order valence-corrected chi connectivity index (χ0v) is 30.8. The molecule has 0 saturated carbocycles. The van der Waals surface area contributed by atoms with E-state index in [1.54, 1.807) is 17.0 Å². The fourth-order valence-corrected chi connectivity index (χ4v) is 8.52. The fourth-order valence-electron chi connectivity index (χ4n) is 8.52. The molecule has 5 unspecified atom stereocenters. The van der Waals surface area contributed by atoms with Crippen molar-refractivity contribution in [3.8, 4) is 11.5 Å². The van der Waals surface area contributed by atoms with E-state index in [1.807, 2.05) is 13.1 Å². The highest BCUT2D eigenvalue weighted by Crippen LogP contribution is 2.60. The molecule has 1 aromatic rings. The number of rotatable bonds is 14. The predicted octanol–water partition coefficient (Wildman–Crippen LogP) is -0.456. The summed E-state index contributed by atoms with van der Waals surface area (Å²) in [6, 6.07) is 2.00. The van der Waals surface area contributed by atoms with E-state index in [1.165, 1.54) is 7.11 Å². The number of carboxylic acids is 1. The molecule has 4 aliphatic rings. The van der Waals surface area contributed by atoms with Gasteiger partial charge in [-0.15, -0.1) is 0 Å². The van der Waals surface area contributed by atoms with Crippen molar-refractivity contribution in [3.05, 3.63) is 35.1 Å². The van der Waals surface area contributed by atoms with Crippen LogP contribution in [0.4, 0.5) is 4.79 Å². The summed E-state index contributed by atoms with van der Waals surface area (Å²) in [7, 11) is 3.47. The lowest BCUT2D eigenvalue weighted by molar-refractivity contribution is -0.146. The minimum absolute atomic E-state index is 0.00971. The van der Waals surface area contributed by atoms with Gasteiger partial charge in [0.25, 0.3) is 0 Å². The number of guanidine groups is 1. The number of nitrogens with zero attached hydrogens (tertiary/aromatic N) is 3. The van der Waals surface area contributed by atoms with Crippen molar-refractivity contribution in [2.75, 3.05) is 46.9 Å². The number of ether oxygens (including phenoxy) is 2. The van der Waals surface area contributed by atoms with Gasteiger partial charge in [0, 0.05) is 49.5 Å². The van der Waals surface area contributed by atoms with Gasteiger partial charge < -0.3 is 62.0 Å². The number of aliphatic carboxylic acids is 1. The number of nitrogens with one attached hydrogen (secondary N) is 3. The number of likely N-dealkylation sites (tertiary alicyclic amines) is 2. The first-order valence-corrected chi connectivity index (χ1v) is 18.3. The minimum Gasteiger partial charge on any atom is -0.504 e. The third-order valence-electron chi connectivity index (χ3n) is 11.2. The normalized spacial score (nSPS) is 25.1. The van der Waals surface area contributed by atoms with Crippen LogP contribution in [0.5, 0.6) is 11.5 Å². The number of methoxy groups -OCH3 is 1. The van der Waals surface area contributed by atoms with Crippen molar-refractivity contribution in [1.29, 1.82) is 0 Å². The van der Waals surface area contributed by atoms with Crippen LogP contribution in [0, 0.1) is 0 Å². The number of carbonyl (C=O) groups excluding carboxylic acids is 4. The highest BCUT2D eigenvalue weighted by molar-refractivity contribution is 5.95. The Morgan fingerprint density at radius 2 is 1.89 bits per heavy atom. The zero-order chi connectivity index (χ0) is 39.2. The van der Waals surface area contributed by atoms with Crippen molar-refractivity contribution in [2.24, 2.45) is 16.5 Å². The van der Waals surface area contributed by atoms with Gasteiger partial charge in [0.05, 0.1) is 25.3 Å². The highest BCUT2D eigenvalue weighted by Gasteiger charge is 2.64. The number of allylic oxidation sites excluding steroid dienone is 1. The summed E-state index contributed by atoms with van der Waals surface area (Å²) in [5.74, 6) is -2.85. The van der Waals surface area contributed by atoms with Crippen LogP contribution >= 0.6 is 0 Å². The van der Waals surface area contributed by atoms with Gasteiger partial charge in [-0.1, -0.05) is 6.07 Å². The van der Waals surface area contributed by atoms with Crippen LogP contribution < -0.4 is 32.2 Å². The first kappa shape index (κ1) is 40.1. The van der Waals surface area contributed by atoms with Gasteiger partial charge in [0.15, 0.2) is 17.5 Å². The highest BCUT2D eigenvalue weighted by atomic mass is 16.6. The molecule has 4 amide bonds. The third kappa shape index (κ3) is 8.49. The lowest BCUT2D eigenvalue weighted by Crippen LogP contribution is -2.71. The van der Waals surface area contributed by atoms with Gasteiger partial charge in [-0.2, -0.15) is 0 Å². The number of phenolic OH excluding ortho intramolecular Hbond substituents is 1. The fraction of sp³-hybridized carbons (Fsp3) is 0.611. The number of aromatic hydroxyl groups is 1. The predicted molar refractivity (Wildman–Crippen MR) is 194 cm³/mol. The van der Waals surface area contributed by atoms with Gasteiger partial charge in [0.2, 0.25) is 17.7 Å². The van der Waals surface area contributed by atoms with E-state index in [4.69, 9.17) is 26.0 Å². The molecule has 5 atom stereocenters. The van der Waals surface area contributed by atoms with Gasteiger partial charge in [-0.3, -0.25) is 24.2 Å². The Hall–Kier alpha value is -5.10. The maximum atomic E-state index is 13.8. The molecule has 2 fully saturated rings. The molecule has 0 spiro atoms. The number of aliphatic hydroxyl groups is 1. The van der Waals surface area contributed by atoms with Gasteiger partial charge >= 0.3 is 12.1 Å². The second-order valence-electron chi connectivity index (χ2n) is 14.5. The second-order valence-corrected chi connectivity index (χ2v) is 14.5. The molecule has 2 aliphatic heterocycles. The Morgan fingerprint density at radius 1 is 1.11 bits per heavy atom. The van der Waals surface area contributed by atoms with Crippen LogP contribution in [0.15, 0.2) is 29.0 Å². The van der Waals surface area contributed by atoms with E-state index < -0.39 is 65.8 Å². The first-order valence-electron chi connectivity index (χ1n) is 18.3. The summed E-state index contributed by atoms with van der Waals surface area (Å²) in [6.07, 6.45) is 4.48. The number of benzene rings is 1. The molecular formula is C36H52N8O10. The molecule has 5 rings (SSSR count). The van der Waals surface area contributed by atoms with Crippen LogP contribution in [0.2, 0.25) is 0 Å². The SMILES string of the molecule is COc1ccc2c(c1O)C13CCN(C)C(C2)C1(O)CC=C(OC(=O)N1CCCCC1CNC(=O)C(CCCN=C(N)N)NC(=O)CNC(=O)CC(=O)O)C3. The molecule has 2 saturated heterocycles. The summed E-state index contributed by atoms with van der Waals surface area (Å²) in [5, 5.41) is 40.2. The van der Waals surface area contributed by atoms with Crippen LogP contribution in [0.3, 0.4) is 0 Å². The standard InChI is InChI=1S/C36H52N8O10/c1-43-15-12-35-18-23(10-11-36(35,52)26(43)16-21-8-9-25(53-2)31(49)30(21)35)54-34(51)44-14-4-3-6-22(44)19-41-32(50)24(7-5-13-39-33(37)38)42-28(46)20-40-27(45)17-29(47)48/h8-10,22,24,26,49,52H,3-7,11-20H2,1-2H3,(H,40,45)(H,41,50)(H,42,46)(H,47,48)(H4,37,38,39). The van der Waals surface area contributed by atoms with Crippen LogP contribution in [-0.4, -0.2) is 131 Å². The Kier molecular flexibility index (Phi) is 12.6. The Labute approximate surface area is 313 Å². The zero-order valence-electron chi connectivity index (χ0n) is 30.8. The smallest absolute Gasteiger partial charge is 0.415 e. The summed E-state index contributed by atoms with van der Waals surface area (Å²) in [6.45, 7) is 0.805. The molecule has 1 aromatic carbocycles. The average molecular weight is 757 g/mol. The number of phenols is 1. The van der Waals surface area contributed by atoms with E-state index in [0.717, 1.165) is 18.4 Å². The minimum atomic E-state index is -1.35. The molecule has 2 heterocycles. The monoisotopic (exact) mass is 756 g/mol. The lowest BCUT2D eigenvalue weighted by Gasteiger charge is -2.62. The van der Waals surface area contributed by atoms with E-state index in [2.05, 4.69) is 25.8 Å². The number of nitrogens with two attached hydrogens (primary N) is 2. The Morgan fingerprint density at radius 3 is 2.61 bits per heavy atom. The summed E-state index contributed by atoms with van der Waals surface area (Å²) in [5.41, 5.74) is 10.2. The third-order valence-corrected chi connectivity index (χ3v) is 11.2. The summed E-state index contributed by atoms with van der Waals surface area (Å²) in [4.78, 5) is 70.0. The molecule has 0 aromatic heterocycles. The van der Waals surface area contributed by atoms with Gasteiger partial charge in [0.1, 0.15) is 18.2 Å². The maximum absolute atomic E-state index is 13.8. The number of fused-ring (bicyclic) bond motifs is 1. The van der Waals surface area contributed by atoms with Crippen LogP contribution in [0.25, 0.3) is 0 Å². The molecular weight excluding hydrogens is 704 g/mol. The number of piperidine rings is 2. The summed E-state index contributed by atoms with van der Waals surface area (Å²) >= 11 is 0. The van der Waals surface area contributed by atoms with Crippen molar-refractivity contribution < 1.29 is 48.8 Å². The molecule has 18 nitrogen and oxygen atoms in total. The van der Waals surface area contributed by atoms with Crippen molar-refractivity contribution >= 4 is 35.7 Å². The lowest BCUT2D eigenvalue weighted by atomic mass is 9.50. The Balaban J connectivity index is 1.26. The second kappa shape index (κ2) is 16.9. The van der Waals surface area contributed by atoms with E-state index in [9.17, 15) is 34.2 Å². The van der Waals surface area contributed by atoms with E-state index in [0.29, 0.717) is 55.8 Å². The number of likely N-dealkylation sites (N-methyl/N-ethyl adjacent to an activating group) is 1. The quantitative estimate of drug-likeness (QED) is 0.0518. The molecule has 296 valence electrons. The van der Waals surface area contributed by atoms with Crippen LogP contribution in [0.1, 0.15) is 68.9 Å². The topological polar surface area (TPSA) is 271 Å². The number of carbonyl (C=O) groups is 5. The average Bonchev–Trinajstić information content (AvgIpc) is 3.12. The molecule has 2 aliphatic carbocycles. The van der Waals surface area contributed by atoms with Crippen molar-refractivity contribution in [1.82, 2.24) is 25.8 Å². The van der Waals surface area contributed by atoms with Crippen molar-refractivity contribution in [3.63, 3.8) is 0 Å². The molecule has 18 heteroatoms. The Bertz CT molecular complexity index is 1680. The first-order chi connectivity index (χ1) is 25.7. The van der Waals surface area contributed by atoms with Crippen molar-refractivity contribution in [2.45, 2.75) is 93.3 Å². The van der Waals surface area contributed by atoms with Gasteiger partial charge in [-0.25, -0.2) is 4.79 Å². The largest absolute Gasteiger partial charge is 0.504 e. The van der Waals surface area contributed by atoms with Crippen LogP contribution in [-0.2, 0) is 35.8 Å². The number of carboxylic acid groups (broad SMARTS) is 1. The molecule has 10 N–H and O–H groups in total. The molecule has 2 bridgehead atoms. The van der Waals surface area contributed by atoms with Gasteiger partial charge in [-0.05, 0) is 76.2 Å². The number of hydrogen-bond acceptors (Lipinski definition) is 11. The number of hydrogen-bond donors (Lipinski definition) is 8.